The molecule has 0 aliphatic rings. The van der Waals surface area contributed by atoms with E-state index in [2.05, 4.69) is 27.3 Å². The van der Waals surface area contributed by atoms with Crippen molar-refractivity contribution in [3.05, 3.63) is 0 Å². The molecule has 0 aromatic rings. The van der Waals surface area contributed by atoms with Crippen molar-refractivity contribution >= 4 is 8.56 Å². The molecule has 4 heteroatoms. The molecule has 0 fully saturated rings. The van der Waals surface area contributed by atoms with Gasteiger partial charge in [0.25, 0.3) is 0 Å². The van der Waals surface area contributed by atoms with E-state index in [0.29, 0.717) is 6.10 Å². The first-order chi connectivity index (χ1) is 6.58. The number of unbranched alkanes of at least 4 members (excludes halogenated alkanes) is 1. The third kappa shape index (κ3) is 7.93. The largest absolute Gasteiger partial charge is 0.395 e. The molecule has 0 saturated heterocycles. The summed E-state index contributed by atoms with van der Waals surface area (Å²) in [6.45, 7) is 11.5. The van der Waals surface area contributed by atoms with Gasteiger partial charge in [0.2, 0.25) is 0 Å². The molecule has 0 radical (unpaired) electrons. The molecule has 0 amide bonds. The highest BCUT2D eigenvalue weighted by Crippen LogP contribution is 2.17. The molecule has 0 aliphatic heterocycles. The maximum Gasteiger partial charge on any atom is 0.334 e. The minimum Gasteiger partial charge on any atom is -0.395 e. The van der Waals surface area contributed by atoms with Crippen LogP contribution in [-0.4, -0.2) is 21.3 Å². The average molecular weight is 238 g/mol. The number of rotatable bonds is 8. The molecule has 0 spiro atoms. The predicted octanol–water partition coefficient (Wildman–Crippen LogP) is 3.86. The van der Waals surface area contributed by atoms with E-state index in [1.807, 2.05) is 6.92 Å². The van der Waals surface area contributed by atoms with Gasteiger partial charge in [0.05, 0.1) is 0 Å². The van der Waals surface area contributed by atoms with Crippen LogP contribution in [0.25, 0.3) is 0 Å². The first-order valence-electron chi connectivity index (χ1n) is 5.89. The zero-order valence-electron chi connectivity index (χ0n) is 10.8. The molecule has 0 N–H and O–H groups in total. The van der Waals surface area contributed by atoms with Gasteiger partial charge in [0.15, 0.2) is 0 Å². The molecular weight excluding hydrogens is 211 g/mol. The highest BCUT2D eigenvalue weighted by Gasteiger charge is 2.30. The molecule has 0 bridgehead atoms. The number of hydrogen-bond donors (Lipinski definition) is 0. The van der Waals surface area contributed by atoms with Gasteiger partial charge in [-0.25, -0.2) is 0 Å². The highest BCUT2D eigenvalue weighted by molar-refractivity contribution is 6.65. The third-order valence-corrected chi connectivity index (χ3v) is 5.59. The summed E-state index contributed by atoms with van der Waals surface area (Å²) in [6.07, 6.45) is 4.01. The van der Waals surface area contributed by atoms with Crippen molar-refractivity contribution in [3.63, 3.8) is 0 Å². The summed E-state index contributed by atoms with van der Waals surface area (Å²) in [6, 6.07) is 1.04. The summed E-state index contributed by atoms with van der Waals surface area (Å²) < 4.78 is 11.8. The van der Waals surface area contributed by atoms with E-state index in [0.717, 1.165) is 19.1 Å². The lowest BCUT2D eigenvalue weighted by molar-refractivity contribution is 0.124. The molecule has 0 aliphatic carbocycles. The fourth-order valence-electron chi connectivity index (χ4n) is 1.50. The molecular formula is C11H27FO2Si. The Balaban J connectivity index is 0. The van der Waals surface area contributed by atoms with E-state index in [9.17, 15) is 0 Å². The fraction of sp³-hybridized carbons (Fsp3) is 1.00. The van der Waals surface area contributed by atoms with Crippen LogP contribution in [0.2, 0.25) is 12.6 Å². The second-order valence-electron chi connectivity index (χ2n) is 3.99. The molecule has 0 saturated carbocycles. The average Bonchev–Trinajstić information content (AvgIpc) is 2.15. The van der Waals surface area contributed by atoms with Crippen LogP contribution in [0.15, 0.2) is 0 Å². The minimum atomic E-state index is -1.84. The summed E-state index contributed by atoms with van der Waals surface area (Å²) >= 11 is 0. The van der Waals surface area contributed by atoms with Gasteiger partial charge in [-0.15, -0.1) is 0 Å². The summed E-state index contributed by atoms with van der Waals surface area (Å²) in [5.41, 5.74) is 0. The van der Waals surface area contributed by atoms with E-state index >= 15 is 0 Å². The molecule has 0 heterocycles. The van der Waals surface area contributed by atoms with Crippen molar-refractivity contribution in [1.82, 2.24) is 0 Å². The van der Waals surface area contributed by atoms with E-state index in [1.54, 1.807) is 0 Å². The molecule has 94 valence electrons. The van der Waals surface area contributed by atoms with Crippen LogP contribution in [0, 0.1) is 0 Å². The van der Waals surface area contributed by atoms with Crippen LogP contribution in [0.1, 0.15) is 47.0 Å². The van der Waals surface area contributed by atoms with Crippen LogP contribution in [0.3, 0.4) is 0 Å². The molecule has 0 aromatic carbocycles. The third-order valence-electron chi connectivity index (χ3n) is 2.51. The van der Waals surface area contributed by atoms with Gasteiger partial charge < -0.3 is 8.85 Å². The Kier molecular flexibility index (Phi) is 10.8. The van der Waals surface area contributed by atoms with Crippen molar-refractivity contribution in [2.24, 2.45) is 0 Å². The predicted molar refractivity (Wildman–Crippen MR) is 66.3 cm³/mol. The maximum absolute atomic E-state index is 6.05. The van der Waals surface area contributed by atoms with Gasteiger partial charge in [0.1, 0.15) is 0 Å². The molecule has 2 unspecified atom stereocenters. The Morgan fingerprint density at radius 3 is 2.20 bits per heavy atom. The molecule has 15 heavy (non-hydrogen) atoms. The SMILES string of the molecule is CCCCC(C)O[Si](C)(CC)OCC.F. The van der Waals surface area contributed by atoms with Gasteiger partial charge in [0, 0.05) is 12.7 Å². The van der Waals surface area contributed by atoms with Crippen LogP contribution < -0.4 is 0 Å². The van der Waals surface area contributed by atoms with Gasteiger partial charge in [-0.2, -0.15) is 0 Å². The maximum atomic E-state index is 6.05. The van der Waals surface area contributed by atoms with Crippen molar-refractivity contribution in [2.45, 2.75) is 65.7 Å². The molecule has 2 atom stereocenters. The second-order valence-corrected chi connectivity index (χ2v) is 7.49. The number of halogens is 1. The summed E-state index contributed by atoms with van der Waals surface area (Å²) in [4.78, 5) is 0. The van der Waals surface area contributed by atoms with Crippen molar-refractivity contribution in [3.8, 4) is 0 Å². The Morgan fingerprint density at radius 1 is 1.20 bits per heavy atom. The Hall–Kier alpha value is 0.0669. The molecule has 0 aromatic heterocycles. The summed E-state index contributed by atoms with van der Waals surface area (Å²) in [7, 11) is -1.84. The first-order valence-corrected chi connectivity index (χ1v) is 8.42. The highest BCUT2D eigenvalue weighted by atomic mass is 28.4. The monoisotopic (exact) mass is 238 g/mol. The Bertz CT molecular complexity index is 147. The summed E-state index contributed by atoms with van der Waals surface area (Å²) in [5.74, 6) is 0. The van der Waals surface area contributed by atoms with E-state index < -0.39 is 8.56 Å². The Labute approximate surface area is 95.0 Å². The smallest absolute Gasteiger partial charge is 0.334 e. The zero-order chi connectivity index (χ0) is 11.0. The lowest BCUT2D eigenvalue weighted by atomic mass is 10.2. The zero-order valence-corrected chi connectivity index (χ0v) is 11.8. The van der Waals surface area contributed by atoms with Crippen LogP contribution in [-0.2, 0) is 8.85 Å². The van der Waals surface area contributed by atoms with Gasteiger partial charge in [-0.3, -0.25) is 4.70 Å². The van der Waals surface area contributed by atoms with Crippen LogP contribution >= 0.6 is 0 Å². The Morgan fingerprint density at radius 2 is 1.80 bits per heavy atom. The molecule has 0 rings (SSSR count). The minimum absolute atomic E-state index is 0. The van der Waals surface area contributed by atoms with Crippen LogP contribution in [0.4, 0.5) is 4.70 Å². The van der Waals surface area contributed by atoms with E-state index in [1.165, 1.54) is 12.8 Å². The second kappa shape index (κ2) is 9.30. The quantitative estimate of drug-likeness (QED) is 0.598. The van der Waals surface area contributed by atoms with Crippen molar-refractivity contribution in [2.75, 3.05) is 6.61 Å². The van der Waals surface area contributed by atoms with Gasteiger partial charge >= 0.3 is 8.56 Å². The standard InChI is InChI=1S/C11H26O2Si.FH/c1-6-9-10-11(4)13-14(5,8-3)12-7-2;/h11H,6-10H2,1-5H3;1H. The van der Waals surface area contributed by atoms with Crippen molar-refractivity contribution in [1.29, 1.82) is 0 Å². The van der Waals surface area contributed by atoms with Crippen LogP contribution in [0.5, 0.6) is 0 Å². The fourth-order valence-corrected chi connectivity index (χ4v) is 3.52. The van der Waals surface area contributed by atoms with E-state index in [-0.39, 0.29) is 4.70 Å². The van der Waals surface area contributed by atoms with Gasteiger partial charge in [-0.1, -0.05) is 26.7 Å². The normalized spacial score (nSPS) is 16.6. The summed E-state index contributed by atoms with van der Waals surface area (Å²) in [5, 5.41) is 0. The van der Waals surface area contributed by atoms with Crippen molar-refractivity contribution < 1.29 is 13.6 Å². The lowest BCUT2D eigenvalue weighted by Crippen LogP contribution is -2.40. The van der Waals surface area contributed by atoms with Gasteiger partial charge in [-0.05, 0) is 32.9 Å². The number of hydrogen-bond acceptors (Lipinski definition) is 2. The topological polar surface area (TPSA) is 18.5 Å². The first kappa shape index (κ1) is 17.5. The molecule has 2 nitrogen and oxygen atoms in total. The lowest BCUT2D eigenvalue weighted by Gasteiger charge is -2.29. The van der Waals surface area contributed by atoms with E-state index in [4.69, 9.17) is 8.85 Å².